The number of aryl methyl sites for hydroxylation is 1. The molecule has 1 aromatic rings. The Morgan fingerprint density at radius 3 is 2.37 bits per heavy atom. The largest absolute Gasteiger partial charge is 0.413 e. The van der Waals surface area contributed by atoms with Crippen molar-refractivity contribution in [3.8, 4) is 0 Å². The minimum atomic E-state index is -3.52. The van der Waals surface area contributed by atoms with Crippen LogP contribution in [-0.2, 0) is 14.4 Å². The lowest BCUT2D eigenvalue weighted by Gasteiger charge is -2.38. The standard InChI is InChI=1S/C21H35NO3SSi/c1-8-9-10-18-15-19(25-27(6,7)21(3,4)5)16-22(18)26(23,24)20-13-11-17(2)12-14-20/h8,11-14,18-19H,1,9-10,15-16H2,2-7H3/t18-,19+/m0/s1. The molecule has 0 aromatic heterocycles. The highest BCUT2D eigenvalue weighted by Gasteiger charge is 2.45. The molecule has 0 saturated carbocycles. The zero-order chi connectivity index (χ0) is 20.5. The summed E-state index contributed by atoms with van der Waals surface area (Å²) in [5.41, 5.74) is 1.05. The van der Waals surface area contributed by atoms with Crippen molar-refractivity contribution >= 4 is 18.3 Å². The van der Waals surface area contributed by atoms with Crippen molar-refractivity contribution in [3.63, 3.8) is 0 Å². The van der Waals surface area contributed by atoms with Crippen molar-refractivity contribution in [2.24, 2.45) is 0 Å². The van der Waals surface area contributed by atoms with Crippen molar-refractivity contribution in [2.45, 2.75) is 82.1 Å². The zero-order valence-corrected chi connectivity index (χ0v) is 19.5. The molecular weight excluding hydrogens is 374 g/mol. The van der Waals surface area contributed by atoms with Crippen molar-refractivity contribution in [1.29, 1.82) is 0 Å². The maximum absolute atomic E-state index is 13.3. The number of benzene rings is 1. The molecule has 1 aliphatic heterocycles. The van der Waals surface area contributed by atoms with Gasteiger partial charge in [0, 0.05) is 12.6 Å². The second-order valence-corrected chi connectivity index (χ2v) is 15.8. The Hall–Kier alpha value is -0.953. The third kappa shape index (κ3) is 5.11. The molecule has 0 N–H and O–H groups in total. The second-order valence-electron chi connectivity index (χ2n) is 9.14. The molecule has 1 saturated heterocycles. The molecule has 1 aromatic carbocycles. The number of sulfonamides is 1. The molecule has 1 fully saturated rings. The predicted molar refractivity (Wildman–Crippen MR) is 115 cm³/mol. The van der Waals surface area contributed by atoms with E-state index >= 15 is 0 Å². The molecule has 0 amide bonds. The number of hydrogen-bond donors (Lipinski definition) is 0. The van der Waals surface area contributed by atoms with Gasteiger partial charge in [-0.15, -0.1) is 6.58 Å². The smallest absolute Gasteiger partial charge is 0.243 e. The SMILES string of the molecule is C=CCC[C@H]1C[C@@H](O[Si](C)(C)C(C)(C)C)CN1S(=O)(=O)c1ccc(C)cc1. The van der Waals surface area contributed by atoms with Crippen LogP contribution in [0.15, 0.2) is 41.8 Å². The minimum absolute atomic E-state index is 0.0379. The van der Waals surface area contributed by atoms with E-state index in [0.29, 0.717) is 11.4 Å². The van der Waals surface area contributed by atoms with Crippen LogP contribution in [0.5, 0.6) is 0 Å². The molecule has 1 heterocycles. The lowest BCUT2D eigenvalue weighted by Crippen LogP contribution is -2.44. The van der Waals surface area contributed by atoms with Gasteiger partial charge >= 0.3 is 0 Å². The van der Waals surface area contributed by atoms with E-state index in [0.717, 1.165) is 24.8 Å². The van der Waals surface area contributed by atoms with E-state index < -0.39 is 18.3 Å². The first kappa shape index (κ1) is 22.3. The molecule has 6 heteroatoms. The van der Waals surface area contributed by atoms with Gasteiger partial charge in [0.1, 0.15) is 0 Å². The van der Waals surface area contributed by atoms with Crippen LogP contribution in [0.2, 0.25) is 18.1 Å². The molecule has 0 bridgehead atoms. The predicted octanol–water partition coefficient (Wildman–Crippen LogP) is 5.11. The third-order valence-electron chi connectivity index (χ3n) is 5.92. The van der Waals surface area contributed by atoms with Gasteiger partial charge in [0.2, 0.25) is 10.0 Å². The average molecular weight is 410 g/mol. The molecule has 0 unspecified atom stereocenters. The van der Waals surface area contributed by atoms with Crippen LogP contribution in [0.3, 0.4) is 0 Å². The van der Waals surface area contributed by atoms with Gasteiger partial charge in [0.25, 0.3) is 0 Å². The lowest BCUT2D eigenvalue weighted by molar-refractivity contribution is 0.193. The Balaban J connectivity index is 2.27. The normalized spacial score (nSPS) is 22.1. The van der Waals surface area contributed by atoms with Crippen LogP contribution >= 0.6 is 0 Å². The molecule has 27 heavy (non-hydrogen) atoms. The van der Waals surface area contributed by atoms with Gasteiger partial charge in [0.05, 0.1) is 11.0 Å². The Morgan fingerprint density at radius 1 is 1.26 bits per heavy atom. The Labute approximate surface area is 166 Å². The second kappa shape index (κ2) is 8.19. The summed E-state index contributed by atoms with van der Waals surface area (Å²) in [6.07, 6.45) is 4.16. The van der Waals surface area contributed by atoms with Gasteiger partial charge in [-0.1, -0.05) is 44.5 Å². The zero-order valence-electron chi connectivity index (χ0n) is 17.7. The van der Waals surface area contributed by atoms with Crippen LogP contribution in [0.1, 0.15) is 45.6 Å². The summed E-state index contributed by atoms with van der Waals surface area (Å²) in [7, 11) is -5.47. The molecule has 152 valence electrons. The maximum atomic E-state index is 13.3. The summed E-state index contributed by atoms with van der Waals surface area (Å²) in [6.45, 7) is 17.3. The first-order chi connectivity index (χ1) is 12.4. The van der Waals surface area contributed by atoms with Gasteiger partial charge in [-0.2, -0.15) is 4.31 Å². The van der Waals surface area contributed by atoms with Crippen LogP contribution in [0.25, 0.3) is 0 Å². The van der Waals surface area contributed by atoms with Gasteiger partial charge < -0.3 is 4.43 Å². The molecular formula is C21H35NO3SSi. The van der Waals surface area contributed by atoms with Gasteiger partial charge in [-0.05, 0) is 56.5 Å². The number of allylic oxidation sites excluding steroid dienone is 1. The molecule has 1 aliphatic rings. The third-order valence-corrected chi connectivity index (χ3v) is 12.4. The van der Waals surface area contributed by atoms with Crippen LogP contribution < -0.4 is 0 Å². The van der Waals surface area contributed by atoms with Crippen molar-refractivity contribution in [2.75, 3.05) is 6.54 Å². The molecule has 0 spiro atoms. The minimum Gasteiger partial charge on any atom is -0.413 e. The fourth-order valence-corrected chi connectivity index (χ4v) is 6.29. The molecule has 2 atom stereocenters. The number of hydrogen-bond acceptors (Lipinski definition) is 3. The highest BCUT2D eigenvalue weighted by Crippen LogP contribution is 2.40. The quantitative estimate of drug-likeness (QED) is 0.464. The Bertz CT molecular complexity index is 751. The van der Waals surface area contributed by atoms with Crippen molar-refractivity contribution < 1.29 is 12.8 Å². The monoisotopic (exact) mass is 409 g/mol. The maximum Gasteiger partial charge on any atom is 0.243 e. The van der Waals surface area contributed by atoms with Gasteiger partial charge in [-0.3, -0.25) is 0 Å². The van der Waals surface area contributed by atoms with E-state index in [1.165, 1.54) is 0 Å². The highest BCUT2D eigenvalue weighted by atomic mass is 32.2. The van der Waals surface area contributed by atoms with Crippen LogP contribution in [-0.4, -0.2) is 39.7 Å². The van der Waals surface area contributed by atoms with Crippen LogP contribution in [0, 0.1) is 6.92 Å². The molecule has 4 nitrogen and oxygen atoms in total. The summed E-state index contributed by atoms with van der Waals surface area (Å²) in [5.74, 6) is 0. The summed E-state index contributed by atoms with van der Waals surface area (Å²) in [5, 5.41) is 0.104. The molecule has 0 radical (unpaired) electrons. The number of nitrogens with zero attached hydrogens (tertiary/aromatic N) is 1. The topological polar surface area (TPSA) is 46.6 Å². The Kier molecular flexibility index (Phi) is 6.78. The van der Waals surface area contributed by atoms with Crippen molar-refractivity contribution in [1.82, 2.24) is 4.31 Å². The fourth-order valence-electron chi connectivity index (χ4n) is 3.24. The fraction of sp³-hybridized carbons (Fsp3) is 0.619. The molecule has 0 aliphatic carbocycles. The van der Waals surface area contributed by atoms with Crippen LogP contribution in [0.4, 0.5) is 0 Å². The van der Waals surface area contributed by atoms with Gasteiger partial charge in [0.15, 0.2) is 8.32 Å². The molecule has 2 rings (SSSR count). The van der Waals surface area contributed by atoms with E-state index in [4.69, 9.17) is 4.43 Å². The lowest BCUT2D eigenvalue weighted by atomic mass is 10.1. The first-order valence-corrected chi connectivity index (χ1v) is 14.1. The van der Waals surface area contributed by atoms with E-state index in [1.54, 1.807) is 16.4 Å². The highest BCUT2D eigenvalue weighted by molar-refractivity contribution is 7.89. The van der Waals surface area contributed by atoms with E-state index in [9.17, 15) is 8.42 Å². The summed E-state index contributed by atoms with van der Waals surface area (Å²) < 4.78 is 34.8. The van der Waals surface area contributed by atoms with Gasteiger partial charge in [-0.25, -0.2) is 8.42 Å². The summed E-state index contributed by atoms with van der Waals surface area (Å²) in [4.78, 5) is 0.365. The average Bonchev–Trinajstić information content (AvgIpc) is 2.95. The van der Waals surface area contributed by atoms with E-state index in [2.05, 4.69) is 40.4 Å². The van der Waals surface area contributed by atoms with Crippen molar-refractivity contribution in [3.05, 3.63) is 42.5 Å². The number of rotatable bonds is 7. The van der Waals surface area contributed by atoms with E-state index in [-0.39, 0.29) is 17.2 Å². The van der Waals surface area contributed by atoms with E-state index in [1.807, 2.05) is 25.1 Å². The first-order valence-electron chi connectivity index (χ1n) is 9.76. The Morgan fingerprint density at radius 2 is 1.85 bits per heavy atom. The summed E-state index contributed by atoms with van der Waals surface area (Å²) in [6, 6.07) is 7.08. The summed E-state index contributed by atoms with van der Waals surface area (Å²) >= 11 is 0.